The summed E-state index contributed by atoms with van der Waals surface area (Å²) in [7, 11) is 3.65. The molecule has 0 amide bonds. The van der Waals surface area contributed by atoms with Crippen molar-refractivity contribution in [2.24, 2.45) is 0 Å². The zero-order chi connectivity index (χ0) is 16.1. The molecule has 1 N–H and O–H groups in total. The van der Waals surface area contributed by atoms with Crippen molar-refractivity contribution in [3.8, 4) is 5.75 Å². The first-order valence-electron chi connectivity index (χ1n) is 6.91. The highest BCUT2D eigenvalue weighted by Gasteiger charge is 2.10. The van der Waals surface area contributed by atoms with E-state index in [1.54, 1.807) is 7.11 Å². The SMILES string of the molecule is COc1ccc(C)cc1CN(C)C(=S)Nc1cccc(Br)c1. The van der Waals surface area contributed by atoms with Crippen molar-refractivity contribution in [1.82, 2.24) is 4.90 Å². The van der Waals surface area contributed by atoms with Crippen LogP contribution in [0.15, 0.2) is 46.9 Å². The molecule has 0 aliphatic carbocycles. The number of hydrogen-bond acceptors (Lipinski definition) is 2. The third-order valence-electron chi connectivity index (χ3n) is 3.27. The number of methoxy groups -OCH3 is 1. The van der Waals surface area contributed by atoms with Gasteiger partial charge in [0.05, 0.1) is 7.11 Å². The number of hydrogen-bond donors (Lipinski definition) is 1. The number of ether oxygens (including phenoxy) is 1. The van der Waals surface area contributed by atoms with Gasteiger partial charge in [0.1, 0.15) is 5.75 Å². The number of aryl methyl sites for hydroxylation is 1. The van der Waals surface area contributed by atoms with E-state index in [9.17, 15) is 0 Å². The Hall–Kier alpha value is -1.59. The second-order valence-corrected chi connectivity index (χ2v) is 6.41. The van der Waals surface area contributed by atoms with Gasteiger partial charge in [-0.1, -0.05) is 39.7 Å². The third-order valence-corrected chi connectivity index (χ3v) is 4.17. The molecule has 0 aromatic heterocycles. The van der Waals surface area contributed by atoms with Crippen LogP contribution in [0, 0.1) is 6.92 Å². The van der Waals surface area contributed by atoms with E-state index in [-0.39, 0.29) is 0 Å². The molecule has 0 heterocycles. The number of anilines is 1. The lowest BCUT2D eigenvalue weighted by atomic mass is 10.1. The van der Waals surface area contributed by atoms with Crippen LogP contribution in [0.4, 0.5) is 5.69 Å². The van der Waals surface area contributed by atoms with Crippen LogP contribution in [0.1, 0.15) is 11.1 Å². The Kier molecular flexibility index (Phi) is 5.80. The molecule has 116 valence electrons. The number of halogens is 1. The van der Waals surface area contributed by atoms with Crippen LogP contribution in [-0.2, 0) is 6.54 Å². The van der Waals surface area contributed by atoms with E-state index in [1.807, 2.05) is 48.3 Å². The second-order valence-electron chi connectivity index (χ2n) is 5.11. The summed E-state index contributed by atoms with van der Waals surface area (Å²) in [6, 6.07) is 14.1. The fourth-order valence-electron chi connectivity index (χ4n) is 2.14. The standard InChI is InChI=1S/C17H19BrN2OS/c1-12-7-8-16(21-3)13(9-12)11-20(2)17(22)19-15-6-4-5-14(18)10-15/h4-10H,11H2,1-3H3,(H,19,22). The maximum absolute atomic E-state index is 5.47. The summed E-state index contributed by atoms with van der Waals surface area (Å²) >= 11 is 8.93. The first-order chi connectivity index (χ1) is 10.5. The molecule has 0 radical (unpaired) electrons. The van der Waals surface area contributed by atoms with Gasteiger partial charge in [0.25, 0.3) is 0 Å². The monoisotopic (exact) mass is 378 g/mol. The molecule has 0 unspecified atom stereocenters. The highest BCUT2D eigenvalue weighted by Crippen LogP contribution is 2.22. The average Bonchev–Trinajstić information content (AvgIpc) is 2.47. The van der Waals surface area contributed by atoms with Crippen molar-refractivity contribution in [1.29, 1.82) is 0 Å². The van der Waals surface area contributed by atoms with Gasteiger partial charge in [0, 0.05) is 29.3 Å². The van der Waals surface area contributed by atoms with Gasteiger partial charge in [-0.05, 0) is 43.4 Å². The van der Waals surface area contributed by atoms with E-state index < -0.39 is 0 Å². The summed E-state index contributed by atoms with van der Waals surface area (Å²) < 4.78 is 6.44. The number of rotatable bonds is 4. The van der Waals surface area contributed by atoms with E-state index in [0.29, 0.717) is 11.7 Å². The summed E-state index contributed by atoms with van der Waals surface area (Å²) in [6.07, 6.45) is 0. The van der Waals surface area contributed by atoms with Crippen molar-refractivity contribution >= 4 is 38.9 Å². The number of thiocarbonyl (C=S) groups is 1. The largest absolute Gasteiger partial charge is 0.496 e. The summed E-state index contributed by atoms with van der Waals surface area (Å²) in [6.45, 7) is 2.76. The van der Waals surface area contributed by atoms with E-state index >= 15 is 0 Å². The molecule has 5 heteroatoms. The van der Waals surface area contributed by atoms with Crippen LogP contribution in [0.25, 0.3) is 0 Å². The van der Waals surface area contributed by atoms with E-state index in [2.05, 4.69) is 34.2 Å². The molecule has 0 spiro atoms. The molecule has 3 nitrogen and oxygen atoms in total. The minimum atomic E-state index is 0.668. The van der Waals surface area contributed by atoms with Gasteiger partial charge in [0.2, 0.25) is 0 Å². The molecule has 0 saturated heterocycles. The van der Waals surface area contributed by atoms with E-state index in [0.717, 1.165) is 21.5 Å². The van der Waals surface area contributed by atoms with Crippen LogP contribution >= 0.6 is 28.1 Å². The fourth-order valence-corrected chi connectivity index (χ4v) is 2.73. The Bertz CT molecular complexity index is 675. The summed E-state index contributed by atoms with van der Waals surface area (Å²) in [4.78, 5) is 1.99. The molecular weight excluding hydrogens is 360 g/mol. The summed E-state index contributed by atoms with van der Waals surface area (Å²) in [5.74, 6) is 0.878. The average molecular weight is 379 g/mol. The molecule has 0 fully saturated rings. The smallest absolute Gasteiger partial charge is 0.173 e. The molecule has 0 saturated carbocycles. The predicted molar refractivity (Wildman–Crippen MR) is 99.6 cm³/mol. The van der Waals surface area contributed by atoms with Crippen molar-refractivity contribution in [2.75, 3.05) is 19.5 Å². The molecule has 0 aliphatic rings. The number of nitrogens with zero attached hydrogens (tertiary/aromatic N) is 1. The van der Waals surface area contributed by atoms with Crippen LogP contribution in [0.5, 0.6) is 5.75 Å². The summed E-state index contributed by atoms with van der Waals surface area (Å²) in [5.41, 5.74) is 3.28. The van der Waals surface area contributed by atoms with Gasteiger partial charge in [-0.3, -0.25) is 0 Å². The zero-order valence-electron chi connectivity index (χ0n) is 12.9. The second kappa shape index (κ2) is 7.61. The molecule has 22 heavy (non-hydrogen) atoms. The fraction of sp³-hybridized carbons (Fsp3) is 0.235. The van der Waals surface area contributed by atoms with Crippen molar-refractivity contribution in [2.45, 2.75) is 13.5 Å². The number of nitrogens with one attached hydrogen (secondary N) is 1. The zero-order valence-corrected chi connectivity index (χ0v) is 15.3. The van der Waals surface area contributed by atoms with Gasteiger partial charge in [-0.25, -0.2) is 0 Å². The Balaban J connectivity index is 2.07. The molecule has 2 rings (SSSR count). The van der Waals surface area contributed by atoms with Gasteiger partial charge in [-0.15, -0.1) is 0 Å². The minimum absolute atomic E-state index is 0.668. The first-order valence-corrected chi connectivity index (χ1v) is 8.11. The maximum atomic E-state index is 5.47. The lowest BCUT2D eigenvalue weighted by Gasteiger charge is -2.22. The highest BCUT2D eigenvalue weighted by molar-refractivity contribution is 9.10. The quantitative estimate of drug-likeness (QED) is 0.785. The van der Waals surface area contributed by atoms with Crippen LogP contribution in [0.3, 0.4) is 0 Å². The number of benzene rings is 2. The van der Waals surface area contributed by atoms with Gasteiger partial charge < -0.3 is 15.0 Å². The van der Waals surface area contributed by atoms with Gasteiger partial charge in [-0.2, -0.15) is 0 Å². The molecule has 0 atom stereocenters. The highest BCUT2D eigenvalue weighted by atomic mass is 79.9. The van der Waals surface area contributed by atoms with Crippen molar-refractivity contribution in [3.63, 3.8) is 0 Å². The van der Waals surface area contributed by atoms with Crippen LogP contribution < -0.4 is 10.1 Å². The Morgan fingerprint density at radius 3 is 2.73 bits per heavy atom. The normalized spacial score (nSPS) is 10.2. The van der Waals surface area contributed by atoms with E-state index in [4.69, 9.17) is 17.0 Å². The van der Waals surface area contributed by atoms with Crippen molar-refractivity contribution in [3.05, 3.63) is 58.1 Å². The van der Waals surface area contributed by atoms with Crippen LogP contribution in [0.2, 0.25) is 0 Å². The molecular formula is C17H19BrN2OS. The molecule has 0 bridgehead atoms. The van der Waals surface area contributed by atoms with Crippen molar-refractivity contribution < 1.29 is 4.74 Å². The van der Waals surface area contributed by atoms with Gasteiger partial charge in [0.15, 0.2) is 5.11 Å². The van der Waals surface area contributed by atoms with Gasteiger partial charge >= 0.3 is 0 Å². The Labute approximate surface area is 145 Å². The van der Waals surface area contributed by atoms with E-state index in [1.165, 1.54) is 5.56 Å². The Morgan fingerprint density at radius 1 is 1.27 bits per heavy atom. The predicted octanol–water partition coefficient (Wildman–Crippen LogP) is 4.59. The van der Waals surface area contributed by atoms with Crippen LogP contribution in [-0.4, -0.2) is 24.2 Å². The summed E-state index contributed by atoms with van der Waals surface area (Å²) in [5, 5.41) is 3.91. The molecule has 0 aliphatic heterocycles. The first kappa shape index (κ1) is 16.8. The minimum Gasteiger partial charge on any atom is -0.496 e. The molecule has 2 aromatic carbocycles. The molecule has 2 aromatic rings. The Morgan fingerprint density at radius 2 is 2.05 bits per heavy atom. The lowest BCUT2D eigenvalue weighted by Crippen LogP contribution is -2.30. The third kappa shape index (κ3) is 4.45. The maximum Gasteiger partial charge on any atom is 0.173 e. The lowest BCUT2D eigenvalue weighted by molar-refractivity contribution is 0.399. The topological polar surface area (TPSA) is 24.5 Å².